The molecule has 6 heteroatoms. The highest BCUT2D eigenvalue weighted by molar-refractivity contribution is 6.35. The van der Waals surface area contributed by atoms with Crippen molar-refractivity contribution in [2.75, 3.05) is 0 Å². The summed E-state index contributed by atoms with van der Waals surface area (Å²) in [6, 6.07) is 24.6. The van der Waals surface area contributed by atoms with Crippen LogP contribution in [0, 0.1) is 0 Å². The highest BCUT2D eigenvalue weighted by Crippen LogP contribution is 2.30. The maximum absolute atomic E-state index is 14.0. The summed E-state index contributed by atoms with van der Waals surface area (Å²) in [5.41, 5.74) is 2.42. The number of hydrogen-bond donors (Lipinski definition) is 1. The quantitative estimate of drug-likeness (QED) is 0.320. The Kier molecular flexibility index (Phi) is 9.58. The Morgan fingerprint density at radius 1 is 0.889 bits per heavy atom. The number of benzene rings is 3. The van der Waals surface area contributed by atoms with E-state index in [2.05, 4.69) is 5.32 Å². The first-order valence-corrected chi connectivity index (χ1v) is 13.0. The Labute approximate surface area is 224 Å². The molecule has 0 fully saturated rings. The van der Waals surface area contributed by atoms with Crippen LogP contribution in [0.25, 0.3) is 0 Å². The molecule has 0 heterocycles. The van der Waals surface area contributed by atoms with Crippen molar-refractivity contribution in [1.82, 2.24) is 10.2 Å². The van der Waals surface area contributed by atoms with Gasteiger partial charge in [-0.3, -0.25) is 9.59 Å². The Balaban J connectivity index is 1.99. The van der Waals surface area contributed by atoms with Crippen molar-refractivity contribution in [3.63, 3.8) is 0 Å². The number of amides is 2. The molecule has 0 radical (unpaired) electrons. The second-order valence-corrected chi connectivity index (χ2v) is 10.8. The predicted molar refractivity (Wildman–Crippen MR) is 148 cm³/mol. The van der Waals surface area contributed by atoms with Crippen LogP contribution in [0.5, 0.6) is 0 Å². The fourth-order valence-electron chi connectivity index (χ4n) is 4.30. The van der Waals surface area contributed by atoms with Crippen molar-refractivity contribution >= 4 is 35.0 Å². The van der Waals surface area contributed by atoms with Gasteiger partial charge in [0, 0.05) is 34.5 Å². The summed E-state index contributed by atoms with van der Waals surface area (Å²) < 4.78 is 0. The van der Waals surface area contributed by atoms with E-state index in [0.29, 0.717) is 16.5 Å². The van der Waals surface area contributed by atoms with E-state index in [9.17, 15) is 9.59 Å². The maximum atomic E-state index is 14.0. The van der Waals surface area contributed by atoms with Crippen LogP contribution in [0.2, 0.25) is 10.0 Å². The number of carbonyl (C=O) groups excluding carboxylic acids is 2. The molecule has 1 unspecified atom stereocenters. The van der Waals surface area contributed by atoms with Crippen molar-refractivity contribution in [3.05, 3.63) is 106 Å². The molecule has 0 spiro atoms. The number of rotatable bonds is 9. The highest BCUT2D eigenvalue weighted by Gasteiger charge is 2.32. The van der Waals surface area contributed by atoms with Crippen LogP contribution < -0.4 is 5.32 Å². The van der Waals surface area contributed by atoms with Crippen molar-refractivity contribution in [2.24, 2.45) is 0 Å². The Morgan fingerprint density at radius 3 is 1.92 bits per heavy atom. The molecule has 3 aromatic carbocycles. The summed E-state index contributed by atoms with van der Waals surface area (Å²) in [7, 11) is 0. The van der Waals surface area contributed by atoms with Gasteiger partial charge in [-0.2, -0.15) is 0 Å². The largest absolute Gasteiger partial charge is 0.350 e. The third-order valence-corrected chi connectivity index (χ3v) is 6.61. The summed E-state index contributed by atoms with van der Waals surface area (Å²) in [4.78, 5) is 29.0. The lowest BCUT2D eigenvalue weighted by atomic mass is 9.88. The molecule has 0 aliphatic rings. The third kappa shape index (κ3) is 7.59. The van der Waals surface area contributed by atoms with Crippen molar-refractivity contribution in [2.45, 2.75) is 64.6 Å². The fourth-order valence-corrected chi connectivity index (χ4v) is 4.76. The van der Waals surface area contributed by atoms with Crippen LogP contribution in [0.15, 0.2) is 78.9 Å². The van der Waals surface area contributed by atoms with Crippen LogP contribution in [0.1, 0.15) is 63.1 Å². The van der Waals surface area contributed by atoms with Crippen LogP contribution in [0.4, 0.5) is 0 Å². The first-order valence-electron chi connectivity index (χ1n) is 12.2. The molecular formula is C30H34Cl2N2O2. The summed E-state index contributed by atoms with van der Waals surface area (Å²) in [6.07, 6.45) is 0.693. The first kappa shape index (κ1) is 27.8. The predicted octanol–water partition coefficient (Wildman–Crippen LogP) is 7.24. The number of carbonyl (C=O) groups is 2. The van der Waals surface area contributed by atoms with Crippen LogP contribution in [-0.2, 0) is 16.1 Å². The van der Waals surface area contributed by atoms with Gasteiger partial charge in [-0.05, 0) is 56.0 Å². The van der Waals surface area contributed by atoms with Crippen LogP contribution in [-0.4, -0.2) is 28.3 Å². The van der Waals surface area contributed by atoms with Crippen molar-refractivity contribution < 1.29 is 9.59 Å². The molecule has 0 saturated carbocycles. The summed E-state index contributed by atoms with van der Waals surface area (Å²) in [5.74, 6) is -0.444. The molecule has 0 aliphatic heterocycles. The zero-order valence-corrected chi connectivity index (χ0v) is 22.8. The summed E-state index contributed by atoms with van der Waals surface area (Å²) >= 11 is 12.6. The van der Waals surface area contributed by atoms with Crippen molar-refractivity contribution in [1.29, 1.82) is 0 Å². The molecule has 36 heavy (non-hydrogen) atoms. The molecule has 190 valence electrons. The lowest BCUT2D eigenvalue weighted by Gasteiger charge is -2.34. The van der Waals surface area contributed by atoms with E-state index in [1.807, 2.05) is 94.4 Å². The minimum Gasteiger partial charge on any atom is -0.350 e. The second-order valence-electron chi connectivity index (χ2n) is 10.00. The van der Waals surface area contributed by atoms with Gasteiger partial charge in [0.15, 0.2) is 0 Å². The van der Waals surface area contributed by atoms with Gasteiger partial charge >= 0.3 is 0 Å². The standard InChI is InChI=1S/C30H34Cl2N2O2/c1-5-27(29(36)33-30(2,3)4)34(20-23-16-17-24(31)18-26(23)32)28(35)19-25(21-12-8-6-9-13-21)22-14-10-7-11-15-22/h6-18,25,27H,5,19-20H2,1-4H3,(H,33,36). The SMILES string of the molecule is CCC(C(=O)NC(C)(C)C)N(Cc1ccc(Cl)cc1Cl)C(=O)CC(c1ccccc1)c1ccccc1. The molecule has 2 amide bonds. The Morgan fingerprint density at radius 2 is 1.44 bits per heavy atom. The smallest absolute Gasteiger partial charge is 0.243 e. The van der Waals surface area contributed by atoms with Gasteiger partial charge in [-0.25, -0.2) is 0 Å². The molecule has 1 atom stereocenters. The molecule has 3 rings (SSSR count). The second kappa shape index (κ2) is 12.4. The maximum Gasteiger partial charge on any atom is 0.243 e. The topological polar surface area (TPSA) is 49.4 Å². The minimum absolute atomic E-state index is 0.116. The Bertz CT molecular complexity index is 1120. The molecular weight excluding hydrogens is 491 g/mol. The highest BCUT2D eigenvalue weighted by atomic mass is 35.5. The van der Waals surface area contributed by atoms with Crippen LogP contribution in [0.3, 0.4) is 0 Å². The van der Waals surface area contributed by atoms with E-state index in [1.54, 1.807) is 17.0 Å². The average molecular weight is 526 g/mol. The molecule has 0 aromatic heterocycles. The Hall–Kier alpha value is -2.82. The molecule has 0 aliphatic carbocycles. The number of halogens is 2. The van der Waals surface area contributed by atoms with Crippen molar-refractivity contribution in [3.8, 4) is 0 Å². The van der Waals surface area contributed by atoms with Gasteiger partial charge in [-0.1, -0.05) is 96.9 Å². The van der Waals surface area contributed by atoms with E-state index in [1.165, 1.54) is 0 Å². The van der Waals surface area contributed by atoms with E-state index in [0.717, 1.165) is 16.7 Å². The summed E-state index contributed by atoms with van der Waals surface area (Å²) in [5, 5.41) is 4.03. The van der Waals surface area contributed by atoms with Crippen LogP contribution >= 0.6 is 23.2 Å². The normalized spacial score (nSPS) is 12.3. The minimum atomic E-state index is -0.643. The molecule has 1 N–H and O–H groups in total. The van der Waals surface area contributed by atoms with Gasteiger partial charge in [-0.15, -0.1) is 0 Å². The van der Waals surface area contributed by atoms with E-state index >= 15 is 0 Å². The lowest BCUT2D eigenvalue weighted by Crippen LogP contribution is -2.53. The number of nitrogens with one attached hydrogen (secondary N) is 1. The zero-order valence-electron chi connectivity index (χ0n) is 21.3. The lowest BCUT2D eigenvalue weighted by molar-refractivity contribution is -0.142. The van der Waals surface area contributed by atoms with Gasteiger partial charge < -0.3 is 10.2 Å². The van der Waals surface area contributed by atoms with E-state index < -0.39 is 11.6 Å². The monoisotopic (exact) mass is 524 g/mol. The van der Waals surface area contributed by atoms with Gasteiger partial charge in [0.05, 0.1) is 0 Å². The van der Waals surface area contributed by atoms with E-state index in [-0.39, 0.29) is 30.7 Å². The van der Waals surface area contributed by atoms with Gasteiger partial charge in [0.2, 0.25) is 11.8 Å². The fraction of sp³-hybridized carbons (Fsp3) is 0.333. The number of hydrogen-bond acceptors (Lipinski definition) is 2. The number of nitrogens with zero attached hydrogens (tertiary/aromatic N) is 1. The van der Waals surface area contributed by atoms with Gasteiger partial charge in [0.25, 0.3) is 0 Å². The zero-order chi connectivity index (χ0) is 26.3. The summed E-state index contributed by atoms with van der Waals surface area (Å²) in [6.45, 7) is 7.92. The third-order valence-electron chi connectivity index (χ3n) is 6.02. The molecule has 3 aromatic rings. The first-order chi connectivity index (χ1) is 17.1. The van der Waals surface area contributed by atoms with Gasteiger partial charge in [0.1, 0.15) is 6.04 Å². The molecule has 0 bridgehead atoms. The molecule has 0 saturated heterocycles. The molecule has 4 nitrogen and oxygen atoms in total. The average Bonchev–Trinajstić information content (AvgIpc) is 2.83. The van der Waals surface area contributed by atoms with E-state index in [4.69, 9.17) is 23.2 Å².